The summed E-state index contributed by atoms with van der Waals surface area (Å²) in [6.45, 7) is 0. The van der Waals surface area contributed by atoms with Crippen LogP contribution in [0.25, 0.3) is 0 Å². The number of nitrogens with zero attached hydrogens (tertiary/aromatic N) is 3. The van der Waals surface area contributed by atoms with Crippen molar-refractivity contribution in [2.45, 2.75) is 0 Å². The van der Waals surface area contributed by atoms with E-state index in [9.17, 15) is 14.9 Å². The van der Waals surface area contributed by atoms with Crippen LogP contribution in [0.5, 0.6) is 0 Å². The average Bonchev–Trinajstić information content (AvgIpc) is 2.52. The molecule has 11 heteroatoms. The van der Waals surface area contributed by atoms with Crippen LogP contribution in [-0.4, -0.2) is 20.8 Å². The van der Waals surface area contributed by atoms with Gasteiger partial charge in [0.2, 0.25) is 11.6 Å². The minimum Gasteiger partial charge on any atom is -0.303 e. The van der Waals surface area contributed by atoms with Gasteiger partial charge in [-0.3, -0.25) is 25.8 Å². The third-order valence-electron chi connectivity index (χ3n) is 2.54. The van der Waals surface area contributed by atoms with Crippen LogP contribution in [0.3, 0.4) is 0 Å². The maximum absolute atomic E-state index is 11.9. The highest BCUT2D eigenvalue weighted by Crippen LogP contribution is 2.27. The summed E-state index contributed by atoms with van der Waals surface area (Å²) in [5, 5.41) is 11.0. The van der Waals surface area contributed by atoms with Crippen LogP contribution in [0.4, 0.5) is 17.3 Å². The first kappa shape index (κ1) is 15.6. The number of rotatable bonds is 5. The molecule has 1 aromatic carbocycles. The molecule has 114 valence electrons. The van der Waals surface area contributed by atoms with Crippen molar-refractivity contribution in [2.75, 3.05) is 10.9 Å². The summed E-state index contributed by atoms with van der Waals surface area (Å²) in [5.74, 6) is 4.29. The SMILES string of the molecule is NNc1ncnc(NNC(=O)c2ccc(Br)cc2)c1[N+](=O)[O-]. The molecule has 5 N–H and O–H groups in total. The van der Waals surface area contributed by atoms with Crippen LogP contribution < -0.4 is 22.1 Å². The fourth-order valence-corrected chi connectivity index (χ4v) is 1.80. The minimum atomic E-state index is -0.719. The molecule has 0 saturated heterocycles. The number of nitrogens with one attached hydrogen (secondary N) is 3. The highest BCUT2D eigenvalue weighted by atomic mass is 79.9. The van der Waals surface area contributed by atoms with Gasteiger partial charge in [0, 0.05) is 10.0 Å². The van der Waals surface area contributed by atoms with E-state index >= 15 is 0 Å². The molecule has 0 radical (unpaired) electrons. The van der Waals surface area contributed by atoms with E-state index in [4.69, 9.17) is 5.84 Å². The van der Waals surface area contributed by atoms with Crippen LogP contribution in [-0.2, 0) is 0 Å². The number of benzene rings is 1. The van der Waals surface area contributed by atoms with Gasteiger partial charge in [0.25, 0.3) is 5.91 Å². The molecule has 0 spiro atoms. The van der Waals surface area contributed by atoms with Gasteiger partial charge in [-0.05, 0) is 24.3 Å². The van der Waals surface area contributed by atoms with E-state index < -0.39 is 16.5 Å². The molecular formula is C11H10BrN7O3. The van der Waals surface area contributed by atoms with Crippen molar-refractivity contribution in [3.8, 4) is 0 Å². The third kappa shape index (κ3) is 3.45. The number of anilines is 2. The summed E-state index contributed by atoms with van der Waals surface area (Å²) in [7, 11) is 0. The van der Waals surface area contributed by atoms with Crippen LogP contribution in [0.1, 0.15) is 10.4 Å². The van der Waals surface area contributed by atoms with Gasteiger partial charge in [0.05, 0.1) is 4.92 Å². The predicted molar refractivity (Wildman–Crippen MR) is 81.7 cm³/mol. The van der Waals surface area contributed by atoms with E-state index in [-0.39, 0.29) is 11.6 Å². The summed E-state index contributed by atoms with van der Waals surface area (Å²) in [5.41, 5.74) is 6.67. The highest BCUT2D eigenvalue weighted by Gasteiger charge is 2.22. The van der Waals surface area contributed by atoms with Crippen molar-refractivity contribution in [3.63, 3.8) is 0 Å². The minimum absolute atomic E-state index is 0.180. The van der Waals surface area contributed by atoms with Gasteiger partial charge in [-0.1, -0.05) is 15.9 Å². The summed E-state index contributed by atoms with van der Waals surface area (Å²) in [4.78, 5) is 29.6. The van der Waals surface area contributed by atoms with Gasteiger partial charge >= 0.3 is 5.69 Å². The Hall–Kier alpha value is -2.79. The molecule has 1 heterocycles. The quantitative estimate of drug-likeness (QED) is 0.349. The Bertz CT molecular complexity index is 707. The molecule has 0 atom stereocenters. The number of hydrazine groups is 2. The van der Waals surface area contributed by atoms with Crippen molar-refractivity contribution < 1.29 is 9.72 Å². The number of halogens is 1. The summed E-state index contributed by atoms with van der Waals surface area (Å²) in [6, 6.07) is 6.56. The lowest BCUT2D eigenvalue weighted by atomic mass is 10.2. The van der Waals surface area contributed by atoms with Crippen LogP contribution in [0.2, 0.25) is 0 Å². The van der Waals surface area contributed by atoms with Crippen LogP contribution >= 0.6 is 15.9 Å². The van der Waals surface area contributed by atoms with E-state index in [0.717, 1.165) is 10.8 Å². The molecular weight excluding hydrogens is 358 g/mol. The number of nitro groups is 1. The maximum Gasteiger partial charge on any atom is 0.356 e. The maximum atomic E-state index is 11.9. The van der Waals surface area contributed by atoms with Gasteiger partial charge < -0.3 is 5.43 Å². The van der Waals surface area contributed by atoms with Crippen LogP contribution in [0, 0.1) is 10.1 Å². The molecule has 22 heavy (non-hydrogen) atoms. The Balaban J connectivity index is 2.16. The number of nitrogens with two attached hydrogens (primary N) is 1. The van der Waals surface area contributed by atoms with Crippen molar-refractivity contribution in [1.82, 2.24) is 15.4 Å². The zero-order valence-corrected chi connectivity index (χ0v) is 12.5. The first-order valence-electron chi connectivity index (χ1n) is 5.81. The van der Waals surface area contributed by atoms with E-state index in [1.165, 1.54) is 0 Å². The summed E-state index contributed by atoms with van der Waals surface area (Å²) >= 11 is 3.25. The van der Waals surface area contributed by atoms with Crippen molar-refractivity contribution >= 4 is 39.2 Å². The molecule has 0 fully saturated rings. The number of nitrogen functional groups attached to an aromatic ring is 1. The molecule has 0 bridgehead atoms. The number of amides is 1. The van der Waals surface area contributed by atoms with E-state index in [0.29, 0.717) is 5.56 Å². The van der Waals surface area contributed by atoms with E-state index in [1.54, 1.807) is 24.3 Å². The average molecular weight is 368 g/mol. The molecule has 0 aliphatic rings. The zero-order chi connectivity index (χ0) is 16.1. The topological polar surface area (TPSA) is 148 Å². The first-order chi connectivity index (χ1) is 10.5. The molecule has 10 nitrogen and oxygen atoms in total. The summed E-state index contributed by atoms with van der Waals surface area (Å²) < 4.78 is 0.821. The molecule has 1 aromatic heterocycles. The second kappa shape index (κ2) is 6.78. The van der Waals surface area contributed by atoms with Crippen molar-refractivity contribution in [3.05, 3.63) is 50.7 Å². The Morgan fingerprint density at radius 1 is 1.23 bits per heavy atom. The Labute approximate surface area is 132 Å². The van der Waals surface area contributed by atoms with E-state index in [1.807, 2.05) is 0 Å². The summed E-state index contributed by atoms with van der Waals surface area (Å²) in [6.07, 6.45) is 1.07. The number of hydrogen-bond donors (Lipinski definition) is 4. The smallest absolute Gasteiger partial charge is 0.303 e. The molecule has 0 saturated carbocycles. The molecule has 2 rings (SSSR count). The van der Waals surface area contributed by atoms with Crippen LogP contribution in [0.15, 0.2) is 35.1 Å². The van der Waals surface area contributed by atoms with Crippen molar-refractivity contribution in [1.29, 1.82) is 0 Å². The third-order valence-corrected chi connectivity index (χ3v) is 3.07. The molecule has 0 aliphatic heterocycles. The number of hydrogen-bond acceptors (Lipinski definition) is 8. The van der Waals surface area contributed by atoms with Gasteiger partial charge in [0.15, 0.2) is 0 Å². The fraction of sp³-hybridized carbons (Fsp3) is 0. The largest absolute Gasteiger partial charge is 0.356 e. The second-order valence-electron chi connectivity index (χ2n) is 3.91. The second-order valence-corrected chi connectivity index (χ2v) is 4.82. The van der Waals surface area contributed by atoms with Gasteiger partial charge in [0.1, 0.15) is 6.33 Å². The number of aromatic nitrogens is 2. The predicted octanol–water partition coefficient (Wildman–Crippen LogP) is 1.19. The molecule has 0 aliphatic carbocycles. The molecule has 2 aromatic rings. The normalized spacial score (nSPS) is 9.91. The van der Waals surface area contributed by atoms with E-state index in [2.05, 4.69) is 42.2 Å². The first-order valence-corrected chi connectivity index (χ1v) is 6.60. The van der Waals surface area contributed by atoms with Gasteiger partial charge in [-0.25, -0.2) is 15.8 Å². The lowest BCUT2D eigenvalue weighted by Crippen LogP contribution is -2.30. The standard InChI is InChI=1S/C11H10BrN7O3/c12-7-3-1-6(2-4-7)11(20)18-17-10-8(19(21)22)9(16-13)14-5-15-10/h1-5H,13H2,(H,18,20)(H2,14,15,16,17). The lowest BCUT2D eigenvalue weighted by molar-refractivity contribution is -0.383. The monoisotopic (exact) mass is 367 g/mol. The highest BCUT2D eigenvalue weighted by molar-refractivity contribution is 9.10. The fourth-order valence-electron chi connectivity index (χ4n) is 1.54. The van der Waals surface area contributed by atoms with Gasteiger partial charge in [-0.15, -0.1) is 0 Å². The molecule has 0 unspecified atom stereocenters. The Morgan fingerprint density at radius 3 is 2.45 bits per heavy atom. The number of carbonyl (C=O) groups is 1. The Kier molecular flexibility index (Phi) is 4.80. The Morgan fingerprint density at radius 2 is 1.86 bits per heavy atom. The van der Waals surface area contributed by atoms with Crippen molar-refractivity contribution in [2.24, 2.45) is 5.84 Å². The lowest BCUT2D eigenvalue weighted by Gasteiger charge is -2.09. The van der Waals surface area contributed by atoms with Gasteiger partial charge in [-0.2, -0.15) is 0 Å². The zero-order valence-electron chi connectivity index (χ0n) is 10.9. The number of carbonyl (C=O) groups excluding carboxylic acids is 1. The molecule has 1 amide bonds.